The molecule has 27 heavy (non-hydrogen) atoms. The quantitative estimate of drug-likeness (QED) is 0.217. The summed E-state index contributed by atoms with van der Waals surface area (Å²) in [6.07, 6.45) is 6.44. The number of amides is 1. The van der Waals surface area contributed by atoms with Crippen LogP contribution in [0.5, 0.6) is 0 Å². The molecular weight excluding hydrogens is 455 g/mol. The largest absolute Gasteiger partial charge is 0.378 e. The number of rotatable bonds is 9. The second kappa shape index (κ2) is 14.3. The molecule has 0 saturated heterocycles. The van der Waals surface area contributed by atoms with Crippen molar-refractivity contribution in [3.8, 4) is 12.3 Å². The smallest absolute Gasteiger partial charge is 0.243 e. The first kappa shape index (κ1) is 25.2. The molecule has 0 aliphatic heterocycles. The van der Waals surface area contributed by atoms with Crippen molar-refractivity contribution in [3.63, 3.8) is 0 Å². The molecule has 150 valence electrons. The Morgan fingerprint density at radius 3 is 2.67 bits per heavy atom. The monoisotopic (exact) mass is 486 g/mol. The van der Waals surface area contributed by atoms with Crippen molar-refractivity contribution in [3.05, 3.63) is 29.8 Å². The predicted molar refractivity (Wildman–Crippen MR) is 123 cm³/mol. The Hall–Kier alpha value is -1.79. The number of ether oxygens (including phenoxy) is 1. The third-order valence-corrected chi connectivity index (χ3v) is 3.80. The van der Waals surface area contributed by atoms with Gasteiger partial charge in [-0.25, -0.2) is 0 Å². The number of anilines is 1. The number of halogens is 1. The summed E-state index contributed by atoms with van der Waals surface area (Å²) in [6, 6.07) is 7.17. The highest BCUT2D eigenvalue weighted by molar-refractivity contribution is 14.0. The third-order valence-electron chi connectivity index (χ3n) is 3.80. The minimum atomic E-state index is -0.170. The molecule has 1 unspecified atom stereocenters. The van der Waals surface area contributed by atoms with Crippen LogP contribution in [0.2, 0.25) is 0 Å². The number of hydrogen-bond donors (Lipinski definition) is 3. The van der Waals surface area contributed by atoms with Crippen LogP contribution in [0.25, 0.3) is 0 Å². The van der Waals surface area contributed by atoms with Gasteiger partial charge >= 0.3 is 0 Å². The summed E-state index contributed by atoms with van der Waals surface area (Å²) in [5.74, 6) is 3.41. The Bertz CT molecular complexity index is 641. The van der Waals surface area contributed by atoms with Crippen LogP contribution in [0, 0.1) is 18.3 Å². The lowest BCUT2D eigenvalue weighted by Crippen LogP contribution is -2.42. The standard InChI is InChI=1S/C20H30N4O2.HI/c1-6-16-9-8-10-17(13-16)24-19(25)14-23-20(21-5)22-12-11-18(15(3)4)26-7-2;/h1,8-10,13,15,18H,7,11-12,14H2,2-5H3,(H,24,25)(H2,21,22,23);1H. The second-order valence-corrected chi connectivity index (χ2v) is 6.15. The molecule has 0 spiro atoms. The van der Waals surface area contributed by atoms with E-state index in [9.17, 15) is 4.79 Å². The van der Waals surface area contributed by atoms with Crippen molar-refractivity contribution in [2.24, 2.45) is 10.9 Å². The molecule has 0 bridgehead atoms. The lowest BCUT2D eigenvalue weighted by Gasteiger charge is -2.21. The average molecular weight is 486 g/mol. The van der Waals surface area contributed by atoms with Gasteiger partial charge in [0.05, 0.1) is 12.6 Å². The minimum Gasteiger partial charge on any atom is -0.378 e. The van der Waals surface area contributed by atoms with E-state index >= 15 is 0 Å². The molecule has 0 aliphatic rings. The van der Waals surface area contributed by atoms with E-state index in [2.05, 4.69) is 40.7 Å². The Morgan fingerprint density at radius 2 is 2.07 bits per heavy atom. The van der Waals surface area contributed by atoms with Crippen LogP contribution in [-0.2, 0) is 9.53 Å². The van der Waals surface area contributed by atoms with Gasteiger partial charge in [0.1, 0.15) is 0 Å². The number of nitrogens with one attached hydrogen (secondary N) is 3. The zero-order valence-electron chi connectivity index (χ0n) is 16.5. The SMILES string of the molecule is C#Cc1cccc(NC(=O)CNC(=NC)NCCC(OCC)C(C)C)c1.I. The minimum absolute atomic E-state index is 0. The highest BCUT2D eigenvalue weighted by Gasteiger charge is 2.13. The zero-order chi connectivity index (χ0) is 19.4. The summed E-state index contributed by atoms with van der Waals surface area (Å²) in [5, 5.41) is 9.00. The van der Waals surface area contributed by atoms with E-state index in [4.69, 9.17) is 11.2 Å². The van der Waals surface area contributed by atoms with Crippen LogP contribution in [0.1, 0.15) is 32.8 Å². The maximum atomic E-state index is 12.1. The molecule has 0 saturated carbocycles. The Kier molecular flexibility index (Phi) is 13.3. The van der Waals surface area contributed by atoms with E-state index in [0.29, 0.717) is 30.7 Å². The van der Waals surface area contributed by atoms with Gasteiger partial charge in [0, 0.05) is 31.5 Å². The molecule has 7 heteroatoms. The fraction of sp³-hybridized carbons (Fsp3) is 0.500. The number of terminal acetylenes is 1. The Morgan fingerprint density at radius 1 is 1.33 bits per heavy atom. The molecule has 0 heterocycles. The van der Waals surface area contributed by atoms with Crippen LogP contribution in [-0.4, -0.2) is 44.7 Å². The molecule has 1 amide bonds. The van der Waals surface area contributed by atoms with E-state index in [1.54, 1.807) is 19.2 Å². The van der Waals surface area contributed by atoms with Crippen molar-refractivity contribution in [1.82, 2.24) is 10.6 Å². The molecule has 6 nitrogen and oxygen atoms in total. The van der Waals surface area contributed by atoms with Gasteiger partial charge in [0.2, 0.25) is 5.91 Å². The van der Waals surface area contributed by atoms with Crippen molar-refractivity contribution in [1.29, 1.82) is 0 Å². The number of benzene rings is 1. The van der Waals surface area contributed by atoms with Crippen molar-refractivity contribution < 1.29 is 9.53 Å². The molecule has 0 aromatic heterocycles. The summed E-state index contributed by atoms with van der Waals surface area (Å²) < 4.78 is 5.72. The van der Waals surface area contributed by atoms with E-state index in [-0.39, 0.29) is 42.5 Å². The summed E-state index contributed by atoms with van der Waals surface area (Å²) in [4.78, 5) is 16.2. The van der Waals surface area contributed by atoms with Crippen LogP contribution in [0.15, 0.2) is 29.3 Å². The fourth-order valence-electron chi connectivity index (χ4n) is 2.43. The summed E-state index contributed by atoms with van der Waals surface area (Å²) in [5.41, 5.74) is 1.40. The fourth-order valence-corrected chi connectivity index (χ4v) is 2.43. The molecule has 1 rings (SSSR count). The zero-order valence-corrected chi connectivity index (χ0v) is 18.9. The average Bonchev–Trinajstić information content (AvgIpc) is 2.63. The molecule has 3 N–H and O–H groups in total. The van der Waals surface area contributed by atoms with Gasteiger partial charge in [-0.3, -0.25) is 9.79 Å². The van der Waals surface area contributed by atoms with E-state index in [0.717, 1.165) is 12.0 Å². The molecule has 1 aromatic carbocycles. The summed E-state index contributed by atoms with van der Waals surface area (Å²) in [7, 11) is 1.67. The topological polar surface area (TPSA) is 74.8 Å². The normalized spacial score (nSPS) is 11.9. The Labute approximate surface area is 180 Å². The highest BCUT2D eigenvalue weighted by atomic mass is 127. The van der Waals surface area contributed by atoms with Crippen molar-refractivity contribution in [2.75, 3.05) is 32.1 Å². The van der Waals surface area contributed by atoms with Crippen LogP contribution in [0.4, 0.5) is 5.69 Å². The van der Waals surface area contributed by atoms with Gasteiger partial charge < -0.3 is 20.7 Å². The Balaban J connectivity index is 0.00000676. The van der Waals surface area contributed by atoms with Crippen LogP contribution in [0.3, 0.4) is 0 Å². The first-order valence-electron chi connectivity index (χ1n) is 8.92. The number of aliphatic imine (C=N–C) groups is 1. The van der Waals surface area contributed by atoms with Crippen molar-refractivity contribution >= 4 is 41.5 Å². The van der Waals surface area contributed by atoms with E-state index in [1.165, 1.54) is 0 Å². The van der Waals surface area contributed by atoms with E-state index in [1.807, 2.05) is 19.1 Å². The number of nitrogens with zero attached hydrogens (tertiary/aromatic N) is 1. The highest BCUT2D eigenvalue weighted by Crippen LogP contribution is 2.10. The van der Waals surface area contributed by atoms with E-state index < -0.39 is 0 Å². The second-order valence-electron chi connectivity index (χ2n) is 6.15. The number of hydrogen-bond acceptors (Lipinski definition) is 3. The maximum absolute atomic E-state index is 12.1. The van der Waals surface area contributed by atoms with Gasteiger partial charge in [-0.2, -0.15) is 0 Å². The maximum Gasteiger partial charge on any atom is 0.243 e. The van der Waals surface area contributed by atoms with Crippen molar-refractivity contribution in [2.45, 2.75) is 33.3 Å². The number of carbonyl (C=O) groups is 1. The molecule has 0 radical (unpaired) electrons. The first-order valence-corrected chi connectivity index (χ1v) is 8.92. The number of guanidine groups is 1. The number of carbonyl (C=O) groups excluding carboxylic acids is 1. The van der Waals surface area contributed by atoms with Gasteiger partial charge in [-0.05, 0) is 37.5 Å². The molecule has 1 atom stereocenters. The first-order chi connectivity index (χ1) is 12.5. The molecule has 0 fully saturated rings. The van der Waals surface area contributed by atoms with Gasteiger partial charge in [-0.15, -0.1) is 30.4 Å². The summed E-state index contributed by atoms with van der Waals surface area (Å²) >= 11 is 0. The predicted octanol–water partition coefficient (Wildman–Crippen LogP) is 2.84. The van der Waals surface area contributed by atoms with Gasteiger partial charge in [0.15, 0.2) is 5.96 Å². The van der Waals surface area contributed by atoms with Gasteiger partial charge in [0.25, 0.3) is 0 Å². The lowest BCUT2D eigenvalue weighted by molar-refractivity contribution is -0.115. The molecular formula is C20H31IN4O2. The van der Waals surface area contributed by atoms with Crippen LogP contribution < -0.4 is 16.0 Å². The molecule has 1 aromatic rings. The van der Waals surface area contributed by atoms with Gasteiger partial charge in [-0.1, -0.05) is 25.8 Å². The lowest BCUT2D eigenvalue weighted by atomic mass is 10.0. The third kappa shape index (κ3) is 10.2. The summed E-state index contributed by atoms with van der Waals surface area (Å²) in [6.45, 7) is 7.82. The molecule has 0 aliphatic carbocycles. The van der Waals surface area contributed by atoms with Crippen LogP contribution >= 0.6 is 24.0 Å².